The van der Waals surface area contributed by atoms with Crippen LogP contribution in [0.5, 0.6) is 11.5 Å². The maximum absolute atomic E-state index is 13.3. The predicted molar refractivity (Wildman–Crippen MR) is 131 cm³/mol. The Balaban J connectivity index is 1.56. The number of thiophene rings is 1. The van der Waals surface area contributed by atoms with E-state index in [1.807, 2.05) is 52.7 Å². The lowest BCUT2D eigenvalue weighted by molar-refractivity contribution is -0.133. The van der Waals surface area contributed by atoms with E-state index in [-0.39, 0.29) is 30.6 Å². The van der Waals surface area contributed by atoms with Gasteiger partial charge in [0.25, 0.3) is 0 Å². The summed E-state index contributed by atoms with van der Waals surface area (Å²) in [6.45, 7) is 2.69. The van der Waals surface area contributed by atoms with Gasteiger partial charge in [0.05, 0.1) is 20.3 Å². The number of methoxy groups -OCH3 is 2. The Labute approximate surface area is 199 Å². The molecule has 0 N–H and O–H groups in total. The Hall–Kier alpha value is -3.12. The van der Waals surface area contributed by atoms with Crippen molar-refractivity contribution in [1.82, 2.24) is 4.90 Å². The lowest BCUT2D eigenvalue weighted by atomic mass is 9.90. The largest absolute Gasteiger partial charge is 0.493 e. The van der Waals surface area contributed by atoms with E-state index in [1.54, 1.807) is 25.6 Å². The highest BCUT2D eigenvalue weighted by Crippen LogP contribution is 2.42. The Morgan fingerprint density at radius 2 is 1.76 bits per heavy atom. The SMILES string of the molecule is CCc1ccc(C(=O)CCC(=O)N2CCc3cc(OC)c(OC)cc3C2c2cccs2)cc1. The molecule has 0 spiro atoms. The van der Waals surface area contributed by atoms with Crippen LogP contribution < -0.4 is 9.47 Å². The van der Waals surface area contributed by atoms with Crippen molar-refractivity contribution in [2.24, 2.45) is 0 Å². The summed E-state index contributed by atoms with van der Waals surface area (Å²) in [4.78, 5) is 29.1. The van der Waals surface area contributed by atoms with Gasteiger partial charge in [-0.05, 0) is 53.1 Å². The maximum Gasteiger partial charge on any atom is 0.223 e. The first-order valence-electron chi connectivity index (χ1n) is 11.3. The molecule has 0 aliphatic carbocycles. The molecule has 0 bridgehead atoms. The summed E-state index contributed by atoms with van der Waals surface area (Å²) in [6, 6.07) is 15.5. The molecule has 0 saturated heterocycles. The van der Waals surface area contributed by atoms with E-state index < -0.39 is 0 Å². The number of fused-ring (bicyclic) bond motifs is 1. The van der Waals surface area contributed by atoms with Crippen molar-refractivity contribution in [3.8, 4) is 11.5 Å². The minimum Gasteiger partial charge on any atom is -0.493 e. The van der Waals surface area contributed by atoms with E-state index in [9.17, 15) is 9.59 Å². The van der Waals surface area contributed by atoms with Crippen molar-refractivity contribution < 1.29 is 19.1 Å². The fourth-order valence-electron chi connectivity index (χ4n) is 4.40. The van der Waals surface area contributed by atoms with Gasteiger partial charge in [-0.3, -0.25) is 9.59 Å². The number of ketones is 1. The van der Waals surface area contributed by atoms with Gasteiger partial charge in [-0.2, -0.15) is 0 Å². The van der Waals surface area contributed by atoms with Crippen LogP contribution in [0, 0.1) is 0 Å². The molecule has 2 aromatic carbocycles. The van der Waals surface area contributed by atoms with Crippen molar-refractivity contribution in [2.45, 2.75) is 38.6 Å². The molecule has 1 amide bonds. The molecule has 0 radical (unpaired) electrons. The number of hydrogen-bond acceptors (Lipinski definition) is 5. The first kappa shape index (κ1) is 23.1. The molecule has 1 aliphatic rings. The Bertz CT molecular complexity index is 1120. The average Bonchev–Trinajstić information content (AvgIpc) is 3.40. The number of ether oxygens (including phenoxy) is 2. The molecule has 3 aromatic rings. The number of amides is 1. The van der Waals surface area contributed by atoms with Crippen LogP contribution in [0.2, 0.25) is 0 Å². The van der Waals surface area contributed by atoms with Crippen LogP contribution in [0.1, 0.15) is 57.7 Å². The Morgan fingerprint density at radius 1 is 1.03 bits per heavy atom. The standard InChI is InChI=1S/C27H29NO4S/c1-4-18-7-9-19(10-8-18)22(29)11-12-26(30)28-14-13-20-16-23(31-2)24(32-3)17-21(20)27(28)25-6-5-15-33-25/h5-10,15-17,27H,4,11-14H2,1-3H3. The molecule has 4 rings (SSSR count). The number of Topliss-reactive ketones (excluding diaryl/α,β-unsaturated/α-hetero) is 1. The molecule has 5 nitrogen and oxygen atoms in total. The molecule has 0 fully saturated rings. The number of benzene rings is 2. The van der Waals surface area contributed by atoms with Gasteiger partial charge in [-0.15, -0.1) is 11.3 Å². The molecule has 1 aliphatic heterocycles. The second-order valence-electron chi connectivity index (χ2n) is 8.13. The minimum absolute atomic E-state index is 0.00231. The zero-order valence-electron chi connectivity index (χ0n) is 19.3. The van der Waals surface area contributed by atoms with Crippen molar-refractivity contribution in [2.75, 3.05) is 20.8 Å². The highest BCUT2D eigenvalue weighted by Gasteiger charge is 2.34. The zero-order valence-corrected chi connectivity index (χ0v) is 20.1. The summed E-state index contributed by atoms with van der Waals surface area (Å²) in [7, 11) is 3.25. The summed E-state index contributed by atoms with van der Waals surface area (Å²) in [6.07, 6.45) is 2.06. The Kier molecular flexibility index (Phi) is 7.14. The van der Waals surface area contributed by atoms with Crippen LogP contribution in [-0.4, -0.2) is 37.4 Å². The van der Waals surface area contributed by atoms with E-state index >= 15 is 0 Å². The van der Waals surface area contributed by atoms with Crippen LogP contribution in [0.3, 0.4) is 0 Å². The van der Waals surface area contributed by atoms with Gasteiger partial charge >= 0.3 is 0 Å². The number of aryl methyl sites for hydroxylation is 1. The van der Waals surface area contributed by atoms with Gasteiger partial charge in [0.15, 0.2) is 17.3 Å². The summed E-state index contributed by atoms with van der Waals surface area (Å²) in [5.74, 6) is 1.34. The second-order valence-corrected chi connectivity index (χ2v) is 9.11. The van der Waals surface area contributed by atoms with Crippen LogP contribution in [0.15, 0.2) is 53.9 Å². The van der Waals surface area contributed by atoms with Crippen LogP contribution >= 0.6 is 11.3 Å². The van der Waals surface area contributed by atoms with Gasteiger partial charge in [0, 0.05) is 29.8 Å². The van der Waals surface area contributed by atoms with E-state index in [4.69, 9.17) is 9.47 Å². The molecular formula is C27H29NO4S. The molecule has 2 heterocycles. The number of carbonyl (C=O) groups is 2. The number of rotatable bonds is 8. The molecule has 1 unspecified atom stereocenters. The second kappa shape index (κ2) is 10.2. The fourth-order valence-corrected chi connectivity index (χ4v) is 5.26. The van der Waals surface area contributed by atoms with Gasteiger partial charge < -0.3 is 14.4 Å². The zero-order chi connectivity index (χ0) is 23.4. The quantitative estimate of drug-likeness (QED) is 0.416. The first-order valence-corrected chi connectivity index (χ1v) is 12.1. The molecule has 33 heavy (non-hydrogen) atoms. The third-order valence-corrected chi connectivity index (χ3v) is 7.18. The minimum atomic E-state index is -0.194. The summed E-state index contributed by atoms with van der Waals surface area (Å²) in [5, 5.41) is 2.02. The molecule has 6 heteroatoms. The van der Waals surface area contributed by atoms with Crippen molar-refractivity contribution in [3.05, 3.63) is 81.0 Å². The third-order valence-electron chi connectivity index (χ3n) is 6.26. The average molecular weight is 464 g/mol. The molecular weight excluding hydrogens is 434 g/mol. The van der Waals surface area contributed by atoms with Crippen LogP contribution in [0.25, 0.3) is 0 Å². The van der Waals surface area contributed by atoms with E-state index in [2.05, 4.69) is 13.0 Å². The topological polar surface area (TPSA) is 55.8 Å². The number of carbonyl (C=O) groups excluding carboxylic acids is 2. The lowest BCUT2D eigenvalue weighted by Crippen LogP contribution is -2.40. The highest BCUT2D eigenvalue weighted by molar-refractivity contribution is 7.10. The Morgan fingerprint density at radius 3 is 2.39 bits per heavy atom. The van der Waals surface area contributed by atoms with Gasteiger partial charge in [0.2, 0.25) is 5.91 Å². The van der Waals surface area contributed by atoms with E-state index in [0.29, 0.717) is 23.6 Å². The third kappa shape index (κ3) is 4.81. The normalized spacial score (nSPS) is 15.1. The molecule has 0 saturated carbocycles. The predicted octanol–water partition coefficient (Wildman–Crippen LogP) is 5.46. The maximum atomic E-state index is 13.3. The smallest absolute Gasteiger partial charge is 0.223 e. The highest BCUT2D eigenvalue weighted by atomic mass is 32.1. The van der Waals surface area contributed by atoms with Crippen molar-refractivity contribution in [3.63, 3.8) is 0 Å². The molecule has 1 aromatic heterocycles. The number of hydrogen-bond donors (Lipinski definition) is 0. The lowest BCUT2D eigenvalue weighted by Gasteiger charge is -2.37. The summed E-state index contributed by atoms with van der Waals surface area (Å²) in [5.41, 5.74) is 4.06. The van der Waals surface area contributed by atoms with E-state index in [1.165, 1.54) is 5.56 Å². The molecule has 172 valence electrons. The first-order chi connectivity index (χ1) is 16.0. The monoisotopic (exact) mass is 463 g/mol. The fraction of sp³-hybridized carbons (Fsp3) is 0.333. The van der Waals surface area contributed by atoms with E-state index in [0.717, 1.165) is 28.8 Å². The van der Waals surface area contributed by atoms with Crippen molar-refractivity contribution in [1.29, 1.82) is 0 Å². The van der Waals surface area contributed by atoms with Gasteiger partial charge in [-0.25, -0.2) is 0 Å². The van der Waals surface area contributed by atoms with Crippen LogP contribution in [0.4, 0.5) is 0 Å². The van der Waals surface area contributed by atoms with Gasteiger partial charge in [0.1, 0.15) is 0 Å². The van der Waals surface area contributed by atoms with Gasteiger partial charge in [-0.1, -0.05) is 37.3 Å². The van der Waals surface area contributed by atoms with Crippen molar-refractivity contribution >= 4 is 23.0 Å². The summed E-state index contributed by atoms with van der Waals surface area (Å²) < 4.78 is 11.0. The van der Waals surface area contributed by atoms with Crippen LogP contribution in [-0.2, 0) is 17.6 Å². The summed E-state index contributed by atoms with van der Waals surface area (Å²) >= 11 is 1.63. The number of nitrogens with zero attached hydrogens (tertiary/aromatic N) is 1. The molecule has 1 atom stereocenters.